The molecule has 0 aliphatic carbocycles. The minimum Gasteiger partial charge on any atom is -0.445 e. The number of rotatable bonds is 5. The zero-order valence-corrected chi connectivity index (χ0v) is 18.3. The van der Waals surface area contributed by atoms with Crippen LogP contribution >= 0.6 is 47.0 Å². The Hall–Kier alpha value is -1.73. The molecule has 0 aromatic heterocycles. The van der Waals surface area contributed by atoms with Crippen LogP contribution in [0.3, 0.4) is 0 Å². The Morgan fingerprint density at radius 3 is 2.43 bits per heavy atom. The SMILES string of the molecule is Cc1ccc(C)c(NC(=S)N[C@@H](NC(=O)OCc2ccccc2)C(Cl)(Cl)Cl)c1. The molecule has 2 aromatic rings. The van der Waals surface area contributed by atoms with Crippen molar-refractivity contribution in [3.05, 3.63) is 65.2 Å². The van der Waals surface area contributed by atoms with E-state index in [1.54, 1.807) is 0 Å². The van der Waals surface area contributed by atoms with Gasteiger partial charge in [0.2, 0.25) is 3.79 Å². The van der Waals surface area contributed by atoms with E-state index in [1.165, 1.54) is 0 Å². The highest BCUT2D eigenvalue weighted by molar-refractivity contribution is 7.80. The second kappa shape index (κ2) is 10.2. The van der Waals surface area contributed by atoms with Crippen molar-refractivity contribution in [2.45, 2.75) is 30.4 Å². The van der Waals surface area contributed by atoms with Gasteiger partial charge in [0.1, 0.15) is 6.61 Å². The summed E-state index contributed by atoms with van der Waals surface area (Å²) in [5.74, 6) is 0. The second-order valence-corrected chi connectivity index (χ2v) is 8.87. The number of alkyl carbamates (subject to hydrolysis) is 1. The summed E-state index contributed by atoms with van der Waals surface area (Å²) < 4.78 is 3.30. The van der Waals surface area contributed by atoms with Gasteiger partial charge in [0.05, 0.1) is 0 Å². The van der Waals surface area contributed by atoms with Gasteiger partial charge in [-0.25, -0.2) is 4.79 Å². The number of aryl methyl sites for hydroxylation is 2. The molecule has 5 nitrogen and oxygen atoms in total. The fourth-order valence-electron chi connectivity index (χ4n) is 2.24. The van der Waals surface area contributed by atoms with Crippen LogP contribution in [0.15, 0.2) is 48.5 Å². The maximum atomic E-state index is 12.1. The van der Waals surface area contributed by atoms with Gasteiger partial charge < -0.3 is 15.4 Å². The lowest BCUT2D eigenvalue weighted by molar-refractivity contribution is 0.135. The highest BCUT2D eigenvalue weighted by Gasteiger charge is 2.35. The summed E-state index contributed by atoms with van der Waals surface area (Å²) in [6.45, 7) is 4.00. The van der Waals surface area contributed by atoms with E-state index >= 15 is 0 Å². The number of benzene rings is 2. The summed E-state index contributed by atoms with van der Waals surface area (Å²) in [6, 6.07) is 15.1. The molecule has 0 fully saturated rings. The monoisotopic (exact) mass is 459 g/mol. The molecule has 2 rings (SSSR count). The van der Waals surface area contributed by atoms with Crippen molar-refractivity contribution in [1.29, 1.82) is 0 Å². The van der Waals surface area contributed by atoms with Crippen LogP contribution in [-0.2, 0) is 11.3 Å². The minimum atomic E-state index is -1.86. The Kier molecular flexibility index (Phi) is 8.19. The first-order valence-corrected chi connectivity index (χ1v) is 9.88. The van der Waals surface area contributed by atoms with Crippen LogP contribution in [0, 0.1) is 13.8 Å². The van der Waals surface area contributed by atoms with E-state index < -0.39 is 16.1 Å². The zero-order chi connectivity index (χ0) is 20.7. The standard InChI is InChI=1S/C19H20Cl3N3O2S/c1-12-8-9-13(2)15(10-12)23-17(28)24-16(19(20,21)22)25-18(26)27-11-14-6-4-3-5-7-14/h3-10,16H,11H2,1-2H3,(H,25,26)(H2,23,24,28)/t16-/m0/s1. The Morgan fingerprint density at radius 1 is 1.11 bits per heavy atom. The number of halogens is 3. The van der Waals surface area contributed by atoms with Crippen molar-refractivity contribution in [2.24, 2.45) is 0 Å². The molecular formula is C19H20Cl3N3O2S. The molecule has 0 unspecified atom stereocenters. The van der Waals surface area contributed by atoms with Crippen molar-refractivity contribution in [1.82, 2.24) is 10.6 Å². The third kappa shape index (κ3) is 7.36. The van der Waals surface area contributed by atoms with Gasteiger partial charge in [0.15, 0.2) is 11.3 Å². The van der Waals surface area contributed by atoms with Gasteiger partial charge in [0.25, 0.3) is 0 Å². The summed E-state index contributed by atoms with van der Waals surface area (Å²) in [4.78, 5) is 12.1. The molecule has 9 heteroatoms. The van der Waals surface area contributed by atoms with Crippen LogP contribution in [0.25, 0.3) is 0 Å². The molecule has 150 valence electrons. The van der Waals surface area contributed by atoms with E-state index in [9.17, 15) is 4.79 Å². The van der Waals surface area contributed by atoms with Gasteiger partial charge in [0, 0.05) is 5.69 Å². The molecule has 0 spiro atoms. The van der Waals surface area contributed by atoms with E-state index in [0.717, 1.165) is 22.4 Å². The predicted octanol–water partition coefficient (Wildman–Crippen LogP) is 5.21. The van der Waals surface area contributed by atoms with Crippen molar-refractivity contribution in [3.8, 4) is 0 Å². The quantitative estimate of drug-likeness (QED) is 0.325. The molecular weight excluding hydrogens is 441 g/mol. The maximum Gasteiger partial charge on any atom is 0.409 e. The normalized spacial score (nSPS) is 12.0. The molecule has 3 N–H and O–H groups in total. The van der Waals surface area contributed by atoms with Gasteiger partial charge in [-0.1, -0.05) is 77.3 Å². The molecule has 1 amide bonds. The van der Waals surface area contributed by atoms with Crippen LogP contribution < -0.4 is 16.0 Å². The number of hydrogen-bond donors (Lipinski definition) is 3. The van der Waals surface area contributed by atoms with Crippen LogP contribution in [0.5, 0.6) is 0 Å². The Bertz CT molecular complexity index is 829. The Morgan fingerprint density at radius 2 is 1.79 bits per heavy atom. The Balaban J connectivity index is 1.96. The number of carbonyl (C=O) groups excluding carboxylic acids is 1. The average Bonchev–Trinajstić information content (AvgIpc) is 2.62. The van der Waals surface area contributed by atoms with E-state index in [1.807, 2.05) is 62.4 Å². The molecule has 0 aliphatic heterocycles. The highest BCUT2D eigenvalue weighted by atomic mass is 35.6. The van der Waals surface area contributed by atoms with Crippen molar-refractivity contribution >= 4 is 63.9 Å². The molecule has 0 saturated heterocycles. The van der Waals surface area contributed by atoms with Crippen LogP contribution in [0.1, 0.15) is 16.7 Å². The van der Waals surface area contributed by atoms with Crippen LogP contribution in [0.4, 0.5) is 10.5 Å². The Labute approximate surface area is 184 Å². The van der Waals surface area contributed by atoms with Crippen LogP contribution in [0.2, 0.25) is 0 Å². The van der Waals surface area contributed by atoms with E-state index in [2.05, 4.69) is 16.0 Å². The van der Waals surface area contributed by atoms with E-state index in [4.69, 9.17) is 51.8 Å². The number of thiocarbonyl (C=S) groups is 1. The summed E-state index contributed by atoms with van der Waals surface area (Å²) in [5, 5.41) is 8.49. The lowest BCUT2D eigenvalue weighted by atomic mass is 10.1. The van der Waals surface area contributed by atoms with Crippen molar-refractivity contribution in [2.75, 3.05) is 5.32 Å². The summed E-state index contributed by atoms with van der Waals surface area (Å²) in [6.07, 6.45) is -1.85. The van der Waals surface area contributed by atoms with Crippen molar-refractivity contribution in [3.63, 3.8) is 0 Å². The largest absolute Gasteiger partial charge is 0.445 e. The van der Waals surface area contributed by atoms with Gasteiger partial charge in [-0.15, -0.1) is 0 Å². The fourth-order valence-corrected chi connectivity index (χ4v) is 2.80. The minimum absolute atomic E-state index is 0.0877. The van der Waals surface area contributed by atoms with Crippen LogP contribution in [-0.4, -0.2) is 21.2 Å². The first-order valence-electron chi connectivity index (χ1n) is 8.34. The number of ether oxygens (including phenoxy) is 1. The lowest BCUT2D eigenvalue weighted by Gasteiger charge is -2.27. The summed E-state index contributed by atoms with van der Waals surface area (Å²) in [7, 11) is 0. The molecule has 0 aliphatic rings. The third-order valence-corrected chi connectivity index (χ3v) is 4.59. The fraction of sp³-hybridized carbons (Fsp3) is 0.263. The smallest absolute Gasteiger partial charge is 0.409 e. The molecule has 2 aromatic carbocycles. The number of amides is 1. The molecule has 0 saturated carbocycles. The number of hydrogen-bond acceptors (Lipinski definition) is 3. The summed E-state index contributed by atoms with van der Waals surface area (Å²) >= 11 is 23.2. The van der Waals surface area contributed by atoms with E-state index in [0.29, 0.717) is 0 Å². The lowest BCUT2D eigenvalue weighted by Crippen LogP contribution is -2.56. The molecule has 0 bridgehead atoms. The number of alkyl halides is 3. The third-order valence-electron chi connectivity index (χ3n) is 3.72. The van der Waals surface area contributed by atoms with E-state index in [-0.39, 0.29) is 11.7 Å². The van der Waals surface area contributed by atoms with Gasteiger partial charge >= 0.3 is 6.09 Å². The topological polar surface area (TPSA) is 62.4 Å². The predicted molar refractivity (Wildman–Crippen MR) is 119 cm³/mol. The molecule has 28 heavy (non-hydrogen) atoms. The van der Waals surface area contributed by atoms with Gasteiger partial charge in [-0.2, -0.15) is 0 Å². The highest BCUT2D eigenvalue weighted by Crippen LogP contribution is 2.29. The first kappa shape index (κ1) is 22.6. The average molecular weight is 461 g/mol. The number of nitrogens with one attached hydrogen (secondary N) is 3. The molecule has 1 atom stereocenters. The maximum absolute atomic E-state index is 12.1. The number of carbonyl (C=O) groups is 1. The second-order valence-electron chi connectivity index (χ2n) is 6.10. The molecule has 0 heterocycles. The first-order chi connectivity index (χ1) is 13.1. The summed E-state index contributed by atoms with van der Waals surface area (Å²) in [5.41, 5.74) is 3.71. The van der Waals surface area contributed by atoms with Gasteiger partial charge in [-0.05, 0) is 48.8 Å². The molecule has 0 radical (unpaired) electrons. The number of anilines is 1. The zero-order valence-electron chi connectivity index (χ0n) is 15.3. The van der Waals surface area contributed by atoms with Crippen molar-refractivity contribution < 1.29 is 9.53 Å². The van der Waals surface area contributed by atoms with Gasteiger partial charge in [-0.3, -0.25) is 5.32 Å².